The van der Waals surface area contributed by atoms with Gasteiger partial charge in [-0.05, 0) is 85.2 Å². The number of hydrogen-bond acceptors (Lipinski definition) is 15. The number of anilines is 1. The van der Waals surface area contributed by atoms with E-state index in [9.17, 15) is 35.8 Å². The summed E-state index contributed by atoms with van der Waals surface area (Å²) in [4.78, 5) is 12.9. The summed E-state index contributed by atoms with van der Waals surface area (Å²) < 4.78 is 113. The first-order chi connectivity index (χ1) is 30.8. The van der Waals surface area contributed by atoms with E-state index in [0.717, 1.165) is 16.5 Å². The van der Waals surface area contributed by atoms with E-state index in [1.165, 1.54) is 18.2 Å². The first-order valence-corrected chi connectivity index (χ1v) is 24.6. The molecule has 0 bridgehead atoms. The molecule has 0 radical (unpaired) electrons. The summed E-state index contributed by atoms with van der Waals surface area (Å²) in [6.07, 6.45) is 5.59. The first-order valence-electron chi connectivity index (χ1n) is 21.7. The zero-order valence-electron chi connectivity index (χ0n) is 39.4. The summed E-state index contributed by atoms with van der Waals surface area (Å²) in [5.74, 6) is -0.496. The topological polar surface area (TPSA) is 226 Å². The van der Waals surface area contributed by atoms with E-state index >= 15 is 0 Å². The van der Waals surface area contributed by atoms with Crippen LogP contribution in [0.3, 0.4) is 0 Å². The van der Waals surface area contributed by atoms with Crippen LogP contribution in [0.25, 0.3) is 17.4 Å². The quantitative estimate of drug-likeness (QED) is 0.0451. The second-order valence-corrected chi connectivity index (χ2v) is 19.7. The van der Waals surface area contributed by atoms with Gasteiger partial charge in [-0.2, -0.15) is 0 Å². The van der Waals surface area contributed by atoms with E-state index in [4.69, 9.17) is 32.8 Å². The molecule has 1 aromatic rings. The average Bonchev–Trinajstić information content (AvgIpc) is 3.45. The molecule has 0 aromatic heterocycles. The van der Waals surface area contributed by atoms with Gasteiger partial charge in [0.05, 0.1) is 73.9 Å². The van der Waals surface area contributed by atoms with Crippen molar-refractivity contribution in [1.82, 2.24) is 4.58 Å². The molecular formula is C46H65N2NaO15S2. The first kappa shape index (κ1) is 57.3. The van der Waals surface area contributed by atoms with Crippen molar-refractivity contribution in [3.8, 4) is 11.3 Å². The molecule has 3 aliphatic rings. The molecule has 362 valence electrons. The normalized spacial score (nSPS) is 16.1. The van der Waals surface area contributed by atoms with Crippen LogP contribution in [0.4, 0.5) is 5.69 Å². The molecule has 0 fully saturated rings. The number of carbonyl (C=O) groups is 1. The minimum atomic E-state index is -4.86. The zero-order chi connectivity index (χ0) is 47.7. The third kappa shape index (κ3) is 17.8. The van der Waals surface area contributed by atoms with Crippen LogP contribution in [0.1, 0.15) is 70.3 Å². The van der Waals surface area contributed by atoms with E-state index in [1.807, 2.05) is 31.2 Å². The van der Waals surface area contributed by atoms with Crippen molar-refractivity contribution in [2.24, 2.45) is 0 Å². The minimum Gasteiger partial charge on any atom is -0.748 e. The Morgan fingerprint density at radius 3 is 1.97 bits per heavy atom. The summed E-state index contributed by atoms with van der Waals surface area (Å²) in [7, 11) is -6.16. The predicted molar refractivity (Wildman–Crippen MR) is 243 cm³/mol. The molecule has 17 nitrogen and oxygen atoms in total. The number of ether oxygens (including phenoxy) is 6. The van der Waals surface area contributed by atoms with Gasteiger partial charge < -0.3 is 52.0 Å². The molecule has 0 amide bonds. The van der Waals surface area contributed by atoms with Crippen molar-refractivity contribution in [3.63, 3.8) is 0 Å². The van der Waals surface area contributed by atoms with E-state index < -0.39 is 42.3 Å². The number of rotatable bonds is 29. The van der Waals surface area contributed by atoms with Crippen molar-refractivity contribution < 1.29 is 98.2 Å². The van der Waals surface area contributed by atoms with Crippen LogP contribution in [-0.4, -0.2) is 143 Å². The van der Waals surface area contributed by atoms with Crippen LogP contribution in [-0.2, 0) is 64.3 Å². The number of carboxylic acids is 1. The third-order valence-electron chi connectivity index (χ3n) is 10.9. The average molecular weight is 973 g/mol. The van der Waals surface area contributed by atoms with Gasteiger partial charge in [-0.25, -0.2) is 21.4 Å². The summed E-state index contributed by atoms with van der Waals surface area (Å²) in [5.41, 5.74) is 2.21. The van der Waals surface area contributed by atoms with Gasteiger partial charge in [0.2, 0.25) is 5.36 Å². The fourth-order valence-electron chi connectivity index (χ4n) is 7.66. The van der Waals surface area contributed by atoms with Crippen molar-refractivity contribution in [1.29, 1.82) is 0 Å². The number of methoxy groups -OCH3 is 2. The van der Waals surface area contributed by atoms with Crippen molar-refractivity contribution in [2.75, 3.05) is 111 Å². The molecule has 2 heterocycles. The number of aliphatic carboxylic acids is 1. The Balaban J connectivity index is 0.0000116. The molecular weight excluding hydrogens is 908 g/mol. The van der Waals surface area contributed by atoms with Crippen LogP contribution in [0.5, 0.6) is 0 Å². The van der Waals surface area contributed by atoms with Crippen LogP contribution >= 0.6 is 0 Å². The largest absolute Gasteiger partial charge is 1.00 e. The van der Waals surface area contributed by atoms with Crippen LogP contribution in [0.15, 0.2) is 69.6 Å². The van der Waals surface area contributed by atoms with E-state index in [1.54, 1.807) is 37.3 Å². The van der Waals surface area contributed by atoms with Gasteiger partial charge in [-0.3, -0.25) is 4.79 Å². The van der Waals surface area contributed by atoms with Gasteiger partial charge in [0.15, 0.2) is 13.1 Å². The molecule has 20 heteroatoms. The Morgan fingerprint density at radius 1 is 0.833 bits per heavy atom. The van der Waals surface area contributed by atoms with E-state index in [0.29, 0.717) is 108 Å². The Labute approximate surface area is 411 Å². The van der Waals surface area contributed by atoms with Crippen LogP contribution in [0, 0.1) is 0 Å². The number of fused-ring (bicyclic) bond motifs is 2. The zero-order valence-corrected chi connectivity index (χ0v) is 43.0. The second-order valence-electron chi connectivity index (χ2n) is 16.8. The van der Waals surface area contributed by atoms with Gasteiger partial charge in [0.1, 0.15) is 34.9 Å². The minimum absolute atomic E-state index is 0. The molecule has 0 saturated carbocycles. The van der Waals surface area contributed by atoms with Crippen molar-refractivity contribution >= 4 is 38.0 Å². The maximum absolute atomic E-state index is 12.2. The molecule has 1 atom stereocenters. The van der Waals surface area contributed by atoms with Gasteiger partial charge in [-0.15, -0.1) is 0 Å². The summed E-state index contributed by atoms with van der Waals surface area (Å²) in [6, 6.07) is 12.0. The fourth-order valence-corrected chi connectivity index (χ4v) is 8.64. The molecule has 0 saturated heterocycles. The van der Waals surface area contributed by atoms with Gasteiger partial charge >= 0.3 is 35.5 Å². The maximum Gasteiger partial charge on any atom is 1.00 e. The van der Waals surface area contributed by atoms with Crippen molar-refractivity contribution in [2.45, 2.75) is 69.1 Å². The Morgan fingerprint density at radius 2 is 1.42 bits per heavy atom. The molecule has 2 aliphatic heterocycles. The summed E-state index contributed by atoms with van der Waals surface area (Å²) in [5, 5.41) is 10.4. The smallest absolute Gasteiger partial charge is 0.748 e. The van der Waals surface area contributed by atoms with Gasteiger partial charge in [0, 0.05) is 61.4 Å². The predicted octanol–water partition coefficient (Wildman–Crippen LogP) is 1.59. The number of hydrogen-bond donors (Lipinski definition) is 1. The summed E-state index contributed by atoms with van der Waals surface area (Å²) in [6.45, 7) is 14.0. The third-order valence-corrected chi connectivity index (χ3v) is 12.5. The monoisotopic (exact) mass is 972 g/mol. The molecule has 66 heavy (non-hydrogen) atoms. The van der Waals surface area contributed by atoms with Crippen LogP contribution < -0.4 is 44.4 Å². The van der Waals surface area contributed by atoms with Gasteiger partial charge in [-0.1, -0.05) is 26.8 Å². The maximum atomic E-state index is 12.2. The number of allylic oxidation sites excluding steroid dienone is 3. The Hall–Kier alpha value is -3.02. The molecule has 1 N–H and O–H groups in total. The number of benzene rings is 2. The molecule has 4 rings (SSSR count). The SMILES string of the molecule is COCCOCCOCC[N+](CCOCCOCCOC)=c1ccc2c(C(C)(C)C)cc(/C=C/C=C3/N(CCCS(=O)(=O)[O-])c4ccc(S(=O)(=O)[O-])cc4C3(C)CCCC(=O)O)oc-2c1.[Na+]. The molecule has 1 aromatic carbocycles. The number of nitrogens with zero attached hydrogens (tertiary/aromatic N) is 2. The standard InChI is InChI=1S/C46H66N2O15S2.Na/c1-45(2,3)39-33-36(63-42-32-35(13-15-38(39)42)47(19-21-59-27-29-61-25-23-57-5)20-22-60-28-30-62-26-24-58-6)10-7-11-43-46(4,17-8-12-44(49)50)40-34-37(65(54,55)56)14-16-41(40)48(43)18-9-31-64(51,52)53;/h7,10-11,13-16,32-34H,8-9,12,17-31H2,1-6H3,(H2-,49,50,51,52,53,54,55,56);/q;+1/p-1. The van der Waals surface area contributed by atoms with E-state index in [-0.39, 0.29) is 67.2 Å². The Bertz CT molecular complexity index is 2320. The Kier molecular flexibility index (Phi) is 23.7. The van der Waals surface area contributed by atoms with Crippen molar-refractivity contribution in [3.05, 3.63) is 82.6 Å². The molecule has 1 unspecified atom stereocenters. The number of carboxylic acid groups (broad SMARTS) is 1. The molecule has 1 aliphatic carbocycles. The summed E-state index contributed by atoms with van der Waals surface area (Å²) >= 11 is 0. The second kappa shape index (κ2) is 27.2. The van der Waals surface area contributed by atoms with E-state index in [2.05, 4.69) is 25.3 Å². The molecule has 0 spiro atoms. The van der Waals surface area contributed by atoms with Crippen LogP contribution in [0.2, 0.25) is 0 Å². The van der Waals surface area contributed by atoms with Gasteiger partial charge in [0.25, 0.3) is 0 Å². The fraction of sp³-hybridized carbons (Fsp3) is 0.565.